The Morgan fingerprint density at radius 2 is 1.92 bits per heavy atom. The van der Waals surface area contributed by atoms with Gasteiger partial charge in [-0.25, -0.2) is 9.37 Å². The highest BCUT2D eigenvalue weighted by atomic mass is 19.1. The molecule has 8 nitrogen and oxygen atoms in total. The van der Waals surface area contributed by atoms with Crippen molar-refractivity contribution in [3.8, 4) is 0 Å². The minimum Gasteiger partial charge on any atom is -0.481 e. The number of carboxylic acids is 1. The van der Waals surface area contributed by atoms with Crippen LogP contribution in [0.5, 0.6) is 0 Å². The lowest BCUT2D eigenvalue weighted by Crippen LogP contribution is -2.27. The number of rotatable bonds is 12. The largest absolute Gasteiger partial charge is 0.481 e. The molecule has 0 saturated carbocycles. The Morgan fingerprint density at radius 3 is 2.53 bits per heavy atom. The predicted molar refractivity (Wildman–Crippen MR) is 134 cm³/mol. The number of hydrogen-bond acceptors (Lipinski definition) is 5. The molecule has 4 N–H and O–H groups in total. The summed E-state index contributed by atoms with van der Waals surface area (Å²) in [5.41, 5.74) is 2.92. The van der Waals surface area contributed by atoms with Gasteiger partial charge in [0.25, 0.3) is 5.91 Å². The number of alkyl halides is 1. The van der Waals surface area contributed by atoms with E-state index in [1.54, 1.807) is 12.2 Å². The van der Waals surface area contributed by atoms with Gasteiger partial charge in [-0.3, -0.25) is 9.59 Å². The zero-order chi connectivity index (χ0) is 26.2. The molecule has 2 aromatic rings. The van der Waals surface area contributed by atoms with Gasteiger partial charge in [0.15, 0.2) is 5.82 Å². The highest BCUT2D eigenvalue weighted by Gasteiger charge is 2.26. The Balaban J connectivity index is 1.88. The number of nitrogens with one attached hydrogen (secondary N) is 1. The van der Waals surface area contributed by atoms with Crippen LogP contribution in [0.15, 0.2) is 48.6 Å². The van der Waals surface area contributed by atoms with E-state index in [1.807, 2.05) is 48.7 Å². The number of carbonyl (C=O) groups excluding carboxylic acids is 1. The Bertz CT molecular complexity index is 1110. The van der Waals surface area contributed by atoms with Gasteiger partial charge in [0.1, 0.15) is 6.17 Å². The number of aliphatic hydroxyl groups is 2. The molecule has 1 amide bonds. The van der Waals surface area contributed by atoms with Crippen LogP contribution in [-0.2, 0) is 17.8 Å². The van der Waals surface area contributed by atoms with Gasteiger partial charge in [-0.15, -0.1) is 0 Å². The fourth-order valence-electron chi connectivity index (χ4n) is 4.30. The number of nitrogens with zero attached hydrogens (tertiary/aromatic N) is 2. The number of halogens is 1. The van der Waals surface area contributed by atoms with Gasteiger partial charge in [-0.1, -0.05) is 42.5 Å². The SMILES string of the molecule is CC(C)n1c(C(=O)NCc2ccccc2)nc(C2=CCC(F)C=C2)c1CC[C@@H](O)C[C@@H](O)CC(=O)O. The summed E-state index contributed by atoms with van der Waals surface area (Å²) in [6, 6.07) is 9.39. The summed E-state index contributed by atoms with van der Waals surface area (Å²) in [4.78, 5) is 28.7. The van der Waals surface area contributed by atoms with Crippen molar-refractivity contribution in [3.05, 3.63) is 71.3 Å². The molecular formula is C27H34FN3O5. The van der Waals surface area contributed by atoms with E-state index in [9.17, 15) is 24.2 Å². The predicted octanol–water partition coefficient (Wildman–Crippen LogP) is 3.59. The maximum absolute atomic E-state index is 13.7. The van der Waals surface area contributed by atoms with E-state index >= 15 is 0 Å². The van der Waals surface area contributed by atoms with Crippen LogP contribution in [0.3, 0.4) is 0 Å². The van der Waals surface area contributed by atoms with Crippen LogP contribution in [0.2, 0.25) is 0 Å². The summed E-state index contributed by atoms with van der Waals surface area (Å²) in [5, 5.41) is 32.1. The van der Waals surface area contributed by atoms with Crippen LogP contribution in [-0.4, -0.2) is 55.1 Å². The van der Waals surface area contributed by atoms with Crippen LogP contribution >= 0.6 is 0 Å². The van der Waals surface area contributed by atoms with E-state index in [2.05, 4.69) is 10.3 Å². The van der Waals surface area contributed by atoms with Gasteiger partial charge >= 0.3 is 5.97 Å². The second kappa shape index (κ2) is 12.6. The molecule has 9 heteroatoms. The van der Waals surface area contributed by atoms with Crippen molar-refractivity contribution in [2.75, 3.05) is 0 Å². The summed E-state index contributed by atoms with van der Waals surface area (Å²) >= 11 is 0. The normalized spacial score (nSPS) is 17.1. The smallest absolute Gasteiger partial charge is 0.305 e. The third-order valence-corrected chi connectivity index (χ3v) is 6.02. The summed E-state index contributed by atoms with van der Waals surface area (Å²) in [6.07, 6.45) is 1.95. The summed E-state index contributed by atoms with van der Waals surface area (Å²) in [6.45, 7) is 4.19. The number of carboxylic acid groups (broad SMARTS) is 1. The minimum atomic E-state index is -1.16. The van der Waals surface area contributed by atoms with Crippen LogP contribution in [0, 0.1) is 0 Å². The number of benzene rings is 1. The molecule has 0 bridgehead atoms. The van der Waals surface area contributed by atoms with Gasteiger partial charge in [0.2, 0.25) is 0 Å². The van der Waals surface area contributed by atoms with E-state index in [4.69, 9.17) is 5.11 Å². The molecular weight excluding hydrogens is 465 g/mol. The van der Waals surface area contributed by atoms with Gasteiger partial charge in [0, 0.05) is 24.7 Å². The molecule has 0 aliphatic heterocycles. The minimum absolute atomic E-state index is 0.0754. The van der Waals surface area contributed by atoms with Crippen LogP contribution < -0.4 is 5.32 Å². The van der Waals surface area contributed by atoms with Gasteiger partial charge in [-0.2, -0.15) is 0 Å². The molecule has 0 radical (unpaired) electrons. The first-order valence-corrected chi connectivity index (χ1v) is 12.2. The summed E-state index contributed by atoms with van der Waals surface area (Å²) in [5.74, 6) is -1.26. The number of aliphatic carboxylic acids is 1. The average molecular weight is 500 g/mol. The Kier molecular flexibility index (Phi) is 9.55. The number of aliphatic hydroxyl groups excluding tert-OH is 2. The highest BCUT2D eigenvalue weighted by molar-refractivity contribution is 5.92. The number of hydrogen-bond donors (Lipinski definition) is 4. The number of allylic oxidation sites excluding steroid dienone is 4. The topological polar surface area (TPSA) is 125 Å². The molecule has 0 fully saturated rings. The first kappa shape index (κ1) is 27.3. The Hall–Kier alpha value is -3.30. The second-order valence-electron chi connectivity index (χ2n) is 9.31. The maximum Gasteiger partial charge on any atom is 0.305 e. The number of imidazole rings is 1. The lowest BCUT2D eigenvalue weighted by Gasteiger charge is -2.19. The van der Waals surface area contributed by atoms with Crippen molar-refractivity contribution in [1.29, 1.82) is 0 Å². The average Bonchev–Trinajstić information content (AvgIpc) is 3.21. The lowest BCUT2D eigenvalue weighted by atomic mass is 9.98. The maximum atomic E-state index is 13.7. The van der Waals surface area contributed by atoms with Crippen LogP contribution in [0.4, 0.5) is 4.39 Å². The molecule has 1 aromatic heterocycles. The first-order valence-electron chi connectivity index (χ1n) is 12.2. The molecule has 1 aliphatic rings. The number of carbonyl (C=O) groups is 2. The molecule has 3 rings (SSSR count). The third kappa shape index (κ3) is 7.35. The molecule has 36 heavy (non-hydrogen) atoms. The molecule has 1 unspecified atom stereocenters. The van der Waals surface area contributed by atoms with Crippen molar-refractivity contribution >= 4 is 17.4 Å². The van der Waals surface area contributed by atoms with E-state index in [-0.39, 0.29) is 37.0 Å². The first-order chi connectivity index (χ1) is 17.2. The monoisotopic (exact) mass is 499 g/mol. The molecule has 0 spiro atoms. The zero-order valence-corrected chi connectivity index (χ0v) is 20.6. The van der Waals surface area contributed by atoms with Crippen molar-refractivity contribution in [1.82, 2.24) is 14.9 Å². The Morgan fingerprint density at radius 1 is 1.19 bits per heavy atom. The molecule has 194 valence electrons. The fourth-order valence-corrected chi connectivity index (χ4v) is 4.30. The zero-order valence-electron chi connectivity index (χ0n) is 20.6. The summed E-state index contributed by atoms with van der Waals surface area (Å²) in [7, 11) is 0. The van der Waals surface area contributed by atoms with Crippen molar-refractivity contribution in [2.45, 2.75) is 76.9 Å². The van der Waals surface area contributed by atoms with E-state index in [1.165, 1.54) is 6.08 Å². The third-order valence-electron chi connectivity index (χ3n) is 6.02. The van der Waals surface area contributed by atoms with Crippen molar-refractivity contribution in [3.63, 3.8) is 0 Å². The highest BCUT2D eigenvalue weighted by Crippen LogP contribution is 2.29. The van der Waals surface area contributed by atoms with Crippen molar-refractivity contribution < 1.29 is 29.3 Å². The number of aromatic nitrogens is 2. The Labute approximate surface area is 210 Å². The molecule has 1 heterocycles. The van der Waals surface area contributed by atoms with Crippen LogP contribution in [0.25, 0.3) is 5.57 Å². The molecule has 3 atom stereocenters. The standard InChI is InChI=1S/C27H34FN3O5/c1-17(2)31-23(13-12-21(32)14-22(33)15-24(34)35)25(19-8-10-20(28)11-9-19)30-26(31)27(36)29-16-18-6-4-3-5-7-18/h3-10,17,20-22,32-33H,11-16H2,1-2H3,(H,29,36)(H,34,35)/t20?,21-,22-/m1/s1. The lowest BCUT2D eigenvalue weighted by molar-refractivity contribution is -0.139. The van der Waals surface area contributed by atoms with Crippen LogP contribution in [0.1, 0.15) is 73.1 Å². The second-order valence-corrected chi connectivity index (χ2v) is 9.31. The molecule has 1 aromatic carbocycles. The number of amides is 1. The van der Waals surface area contributed by atoms with Gasteiger partial charge in [0.05, 0.1) is 24.3 Å². The van der Waals surface area contributed by atoms with E-state index in [0.717, 1.165) is 11.3 Å². The van der Waals surface area contributed by atoms with Gasteiger partial charge < -0.3 is 25.2 Å². The van der Waals surface area contributed by atoms with E-state index < -0.39 is 30.8 Å². The fraction of sp³-hybridized carbons (Fsp3) is 0.444. The van der Waals surface area contributed by atoms with Crippen molar-refractivity contribution in [2.24, 2.45) is 0 Å². The molecule has 0 saturated heterocycles. The van der Waals surface area contributed by atoms with Gasteiger partial charge in [-0.05, 0) is 50.3 Å². The summed E-state index contributed by atoms with van der Waals surface area (Å²) < 4.78 is 15.5. The van der Waals surface area contributed by atoms with E-state index in [0.29, 0.717) is 24.2 Å². The quantitative estimate of drug-likeness (QED) is 0.354. The molecule has 1 aliphatic carbocycles.